The van der Waals surface area contributed by atoms with E-state index in [4.69, 9.17) is 9.47 Å². The van der Waals surface area contributed by atoms with E-state index < -0.39 is 6.61 Å². The molecular weight excluding hydrogens is 338 g/mol. The van der Waals surface area contributed by atoms with Crippen molar-refractivity contribution in [1.29, 1.82) is 0 Å². The topological polar surface area (TPSA) is 27.7 Å². The van der Waals surface area contributed by atoms with Crippen LogP contribution in [0.1, 0.15) is 37.7 Å². The van der Waals surface area contributed by atoms with Gasteiger partial charge in [-0.05, 0) is 56.2 Å². The third kappa shape index (κ3) is 4.87. The molecule has 5 heteroatoms. The van der Waals surface area contributed by atoms with Gasteiger partial charge in [0.15, 0.2) is 11.5 Å². The van der Waals surface area contributed by atoms with Gasteiger partial charge in [0.2, 0.25) is 0 Å². The van der Waals surface area contributed by atoms with Crippen LogP contribution in [-0.2, 0) is 4.74 Å². The Morgan fingerprint density at radius 2 is 2.00 bits per heavy atom. The lowest BCUT2D eigenvalue weighted by molar-refractivity contribution is -0.0925. The summed E-state index contributed by atoms with van der Waals surface area (Å²) < 4.78 is 40.6. The number of alkyl halides is 2. The molecule has 3 nitrogen and oxygen atoms in total. The monoisotopic (exact) mass is 362 g/mol. The molecule has 0 bridgehead atoms. The van der Waals surface area contributed by atoms with E-state index in [0.717, 1.165) is 29.9 Å². The van der Waals surface area contributed by atoms with Crippen LogP contribution in [-0.4, -0.2) is 19.8 Å². The summed E-state index contributed by atoms with van der Waals surface area (Å²) in [5.41, 5.74) is 0.961. The van der Waals surface area contributed by atoms with Crippen molar-refractivity contribution in [2.75, 3.05) is 7.11 Å². The summed E-state index contributed by atoms with van der Waals surface area (Å²) in [5, 5.41) is 0. The smallest absolute Gasteiger partial charge is 0.387 e. The molecule has 0 radical (unpaired) electrons. The van der Waals surface area contributed by atoms with Crippen molar-refractivity contribution in [3.05, 3.63) is 53.8 Å². The van der Waals surface area contributed by atoms with Gasteiger partial charge in [0.05, 0.1) is 13.2 Å². The van der Waals surface area contributed by atoms with E-state index in [0.29, 0.717) is 6.42 Å². The molecule has 0 spiro atoms. The Labute approximate surface area is 152 Å². The minimum Gasteiger partial charge on any atom is -0.493 e. The zero-order chi connectivity index (χ0) is 18.4. The summed E-state index contributed by atoms with van der Waals surface area (Å²) in [6, 6.07) is 5.83. The summed E-state index contributed by atoms with van der Waals surface area (Å²) in [6.45, 7) is -2.79. The molecule has 1 fully saturated rings. The van der Waals surface area contributed by atoms with Gasteiger partial charge in [-0.2, -0.15) is 8.78 Å². The van der Waals surface area contributed by atoms with Crippen LogP contribution in [0.3, 0.4) is 0 Å². The largest absolute Gasteiger partial charge is 0.493 e. The van der Waals surface area contributed by atoms with E-state index in [9.17, 15) is 8.78 Å². The highest BCUT2D eigenvalue weighted by Crippen LogP contribution is 2.36. The van der Waals surface area contributed by atoms with Gasteiger partial charge in [-0.25, -0.2) is 0 Å². The van der Waals surface area contributed by atoms with Gasteiger partial charge in [0, 0.05) is 5.56 Å². The highest BCUT2D eigenvalue weighted by atomic mass is 19.3. The molecule has 0 N–H and O–H groups in total. The van der Waals surface area contributed by atoms with Gasteiger partial charge in [-0.1, -0.05) is 30.4 Å². The van der Waals surface area contributed by atoms with Crippen molar-refractivity contribution in [3.63, 3.8) is 0 Å². The zero-order valence-corrected chi connectivity index (χ0v) is 14.9. The maximum atomic E-state index is 12.2. The predicted octanol–water partition coefficient (Wildman–Crippen LogP) is 5.73. The van der Waals surface area contributed by atoms with Crippen LogP contribution in [0.25, 0.3) is 6.08 Å². The minimum absolute atomic E-state index is 0.130. The van der Waals surface area contributed by atoms with Crippen molar-refractivity contribution in [2.45, 2.75) is 44.8 Å². The summed E-state index contributed by atoms with van der Waals surface area (Å²) in [7, 11) is 1.64. The number of hydrogen-bond acceptors (Lipinski definition) is 3. The van der Waals surface area contributed by atoms with Crippen molar-refractivity contribution in [2.24, 2.45) is 5.92 Å². The maximum absolute atomic E-state index is 12.2. The van der Waals surface area contributed by atoms with Crippen molar-refractivity contribution in [1.82, 2.24) is 0 Å². The molecule has 1 unspecified atom stereocenters. The predicted molar refractivity (Wildman–Crippen MR) is 97.3 cm³/mol. The molecule has 2 aliphatic rings. The van der Waals surface area contributed by atoms with Crippen molar-refractivity contribution < 1.29 is 23.0 Å². The van der Waals surface area contributed by atoms with Gasteiger partial charge >= 0.3 is 6.61 Å². The Morgan fingerprint density at radius 3 is 2.65 bits per heavy atom. The quantitative estimate of drug-likeness (QED) is 0.620. The molecule has 0 amide bonds. The Kier molecular flexibility index (Phi) is 6.31. The number of halogens is 2. The molecular formula is C21H24F2O3. The van der Waals surface area contributed by atoms with Gasteiger partial charge < -0.3 is 14.2 Å². The van der Waals surface area contributed by atoms with E-state index >= 15 is 0 Å². The summed E-state index contributed by atoms with van der Waals surface area (Å²) in [4.78, 5) is 0. The Morgan fingerprint density at radius 1 is 1.19 bits per heavy atom. The van der Waals surface area contributed by atoms with Crippen molar-refractivity contribution in [3.8, 4) is 11.5 Å². The number of hydrogen-bond donors (Lipinski definition) is 0. The Bertz CT molecular complexity index is 688. The highest BCUT2D eigenvalue weighted by Gasteiger charge is 2.20. The first-order valence-corrected chi connectivity index (χ1v) is 9.00. The Balaban J connectivity index is 1.70. The number of rotatable bonds is 7. The molecule has 1 aromatic rings. The van der Waals surface area contributed by atoms with Crippen LogP contribution in [0.2, 0.25) is 0 Å². The molecule has 140 valence electrons. The summed E-state index contributed by atoms with van der Waals surface area (Å²) in [5.74, 6) is 1.85. The molecule has 2 aliphatic carbocycles. The molecule has 1 saturated carbocycles. The minimum atomic E-state index is -2.79. The number of para-hydroxylation sites is 1. The molecule has 3 rings (SSSR count). The van der Waals surface area contributed by atoms with E-state index in [1.165, 1.54) is 12.8 Å². The molecule has 1 atom stereocenters. The lowest BCUT2D eigenvalue weighted by Gasteiger charge is -2.18. The van der Waals surface area contributed by atoms with Gasteiger partial charge in [0.25, 0.3) is 0 Å². The average Bonchev–Trinajstić information content (AvgIpc) is 3.14. The molecule has 1 aromatic carbocycles. The number of allylic oxidation sites excluding steroid dienone is 4. The van der Waals surface area contributed by atoms with Gasteiger partial charge in [-0.15, -0.1) is 0 Å². The van der Waals surface area contributed by atoms with Crippen LogP contribution < -0.4 is 9.47 Å². The fourth-order valence-electron chi connectivity index (χ4n) is 3.30. The second kappa shape index (κ2) is 8.88. The second-order valence-electron chi connectivity index (χ2n) is 6.51. The first-order valence-electron chi connectivity index (χ1n) is 9.00. The zero-order valence-electron chi connectivity index (χ0n) is 14.9. The molecule has 26 heavy (non-hydrogen) atoms. The van der Waals surface area contributed by atoms with E-state index in [1.54, 1.807) is 19.3 Å². The summed E-state index contributed by atoms with van der Waals surface area (Å²) >= 11 is 0. The van der Waals surface area contributed by atoms with E-state index in [1.807, 2.05) is 36.4 Å². The van der Waals surface area contributed by atoms with Crippen LogP contribution >= 0.6 is 0 Å². The fraction of sp³-hybridized carbons (Fsp3) is 0.429. The third-order valence-corrected chi connectivity index (χ3v) is 4.66. The lowest BCUT2D eigenvalue weighted by atomic mass is 9.98. The van der Waals surface area contributed by atoms with Crippen molar-refractivity contribution >= 4 is 6.08 Å². The van der Waals surface area contributed by atoms with E-state index in [-0.39, 0.29) is 17.8 Å². The standard InChI is InChI=1S/C21H24F2O3/c1-24-19-8-4-5-16(20(19)25-17-6-2-3-7-17)12-9-15-10-13-18(14-11-15)26-21(22)23/h4-5,8-10,12-15,17,21H,2-3,6-7,11H2,1H3/b12-9+. The molecule has 0 heterocycles. The van der Waals surface area contributed by atoms with Crippen LogP contribution in [0.5, 0.6) is 11.5 Å². The van der Waals surface area contributed by atoms with Gasteiger partial charge in [0.1, 0.15) is 5.76 Å². The highest BCUT2D eigenvalue weighted by molar-refractivity contribution is 5.62. The lowest BCUT2D eigenvalue weighted by Crippen LogP contribution is -2.12. The SMILES string of the molecule is COc1cccc(/C=C/C2C=CC(OC(F)F)=CC2)c1OC1CCCC1. The molecule has 0 aliphatic heterocycles. The first-order chi connectivity index (χ1) is 12.7. The van der Waals surface area contributed by atoms with Crippen LogP contribution in [0.15, 0.2) is 48.3 Å². The normalized spacial score (nSPS) is 20.6. The number of benzene rings is 1. The number of methoxy groups -OCH3 is 1. The average molecular weight is 362 g/mol. The van der Waals surface area contributed by atoms with E-state index in [2.05, 4.69) is 4.74 Å². The number of ether oxygens (including phenoxy) is 3. The molecule has 0 aromatic heterocycles. The maximum Gasteiger partial charge on any atom is 0.387 e. The van der Waals surface area contributed by atoms with Crippen LogP contribution in [0, 0.1) is 5.92 Å². The fourth-order valence-corrected chi connectivity index (χ4v) is 3.30. The molecule has 0 saturated heterocycles. The second-order valence-corrected chi connectivity index (χ2v) is 6.51. The van der Waals surface area contributed by atoms with Gasteiger partial charge in [-0.3, -0.25) is 0 Å². The van der Waals surface area contributed by atoms with Crippen LogP contribution in [0.4, 0.5) is 8.78 Å². The Hall–Kier alpha value is -2.30. The third-order valence-electron chi connectivity index (χ3n) is 4.66. The summed E-state index contributed by atoms with van der Waals surface area (Å²) in [6.07, 6.45) is 14.6. The first kappa shape index (κ1) is 18.5.